The third-order valence-corrected chi connectivity index (χ3v) is 5.24. The minimum absolute atomic E-state index is 0.0442. The van der Waals surface area contributed by atoms with Gasteiger partial charge in [0.1, 0.15) is 17.4 Å². The van der Waals surface area contributed by atoms with Crippen molar-refractivity contribution in [3.63, 3.8) is 0 Å². The Morgan fingerprint density at radius 3 is 2.48 bits per heavy atom. The number of ether oxygens (including phenoxy) is 1. The van der Waals surface area contributed by atoms with Crippen LogP contribution >= 0.6 is 15.9 Å². The number of nitrogens with one attached hydrogen (secondary N) is 2. The Hall–Kier alpha value is -2.92. The highest BCUT2D eigenvalue weighted by Gasteiger charge is 2.31. The van der Waals surface area contributed by atoms with E-state index in [9.17, 15) is 22.7 Å². The molecule has 0 fully saturated rings. The molecule has 1 heterocycles. The average molecular weight is 529 g/mol. The highest BCUT2D eigenvalue weighted by molar-refractivity contribution is 9.10. The van der Waals surface area contributed by atoms with Gasteiger partial charge in [0.05, 0.1) is 22.8 Å². The number of halogens is 5. The standard InChI is InChI=1S/C22H21BrF4N4O2/c1-12(2)19(11-32)30-21-29-18(13-4-3-5-15(8-13)33-22(25,26)27)10-20(31-21)28-14-6-7-16(23)17(24)9-14/h3-10,12,19,32H,11H2,1-2H3,(H2,28,29,30,31)/t19-/m0/s1. The Bertz CT molecular complexity index is 1110. The summed E-state index contributed by atoms with van der Waals surface area (Å²) in [6.07, 6.45) is -4.83. The van der Waals surface area contributed by atoms with E-state index in [-0.39, 0.29) is 30.3 Å². The van der Waals surface area contributed by atoms with E-state index in [0.717, 1.165) is 0 Å². The van der Waals surface area contributed by atoms with Crippen molar-refractivity contribution in [3.05, 3.63) is 58.8 Å². The molecule has 3 aromatic rings. The molecule has 1 atom stereocenters. The molecule has 0 aliphatic heterocycles. The highest BCUT2D eigenvalue weighted by atomic mass is 79.9. The van der Waals surface area contributed by atoms with Crippen molar-refractivity contribution in [1.82, 2.24) is 9.97 Å². The van der Waals surface area contributed by atoms with Crippen molar-refractivity contribution in [1.29, 1.82) is 0 Å². The fourth-order valence-corrected chi connectivity index (χ4v) is 3.13. The second-order valence-electron chi connectivity index (χ2n) is 7.47. The van der Waals surface area contributed by atoms with E-state index in [4.69, 9.17) is 0 Å². The lowest BCUT2D eigenvalue weighted by Crippen LogP contribution is -2.30. The Morgan fingerprint density at radius 2 is 1.85 bits per heavy atom. The van der Waals surface area contributed by atoms with Crippen LogP contribution in [0.25, 0.3) is 11.3 Å². The largest absolute Gasteiger partial charge is 0.573 e. The zero-order valence-electron chi connectivity index (χ0n) is 17.6. The van der Waals surface area contributed by atoms with E-state index < -0.39 is 17.9 Å². The maximum Gasteiger partial charge on any atom is 0.573 e. The molecule has 0 radical (unpaired) electrons. The zero-order valence-corrected chi connectivity index (χ0v) is 19.2. The molecule has 0 amide bonds. The molecular weight excluding hydrogens is 508 g/mol. The summed E-state index contributed by atoms with van der Waals surface area (Å²) in [5.74, 6) is -0.421. The minimum Gasteiger partial charge on any atom is -0.406 e. The van der Waals surface area contributed by atoms with Crippen LogP contribution in [0.15, 0.2) is 53.0 Å². The summed E-state index contributed by atoms with van der Waals surface area (Å²) < 4.78 is 56.1. The number of hydrogen-bond donors (Lipinski definition) is 3. The summed E-state index contributed by atoms with van der Waals surface area (Å²) in [6, 6.07) is 10.9. The van der Waals surface area contributed by atoms with Gasteiger partial charge in [0, 0.05) is 17.3 Å². The summed E-state index contributed by atoms with van der Waals surface area (Å²) in [7, 11) is 0. The lowest BCUT2D eigenvalue weighted by molar-refractivity contribution is -0.274. The van der Waals surface area contributed by atoms with E-state index in [0.29, 0.717) is 21.4 Å². The molecule has 33 heavy (non-hydrogen) atoms. The topological polar surface area (TPSA) is 79.3 Å². The third-order valence-electron chi connectivity index (χ3n) is 4.60. The van der Waals surface area contributed by atoms with E-state index in [1.54, 1.807) is 12.1 Å². The minimum atomic E-state index is -4.83. The van der Waals surface area contributed by atoms with Crippen LogP contribution in [0.4, 0.5) is 35.0 Å². The van der Waals surface area contributed by atoms with Gasteiger partial charge in [-0.3, -0.25) is 0 Å². The van der Waals surface area contributed by atoms with Crippen LogP contribution in [0.3, 0.4) is 0 Å². The summed E-state index contributed by atoms with van der Waals surface area (Å²) in [6.45, 7) is 3.62. The number of anilines is 3. The fraction of sp³-hybridized carbons (Fsp3) is 0.273. The number of aliphatic hydroxyl groups excluding tert-OH is 1. The first-order valence-electron chi connectivity index (χ1n) is 9.89. The van der Waals surface area contributed by atoms with Crippen LogP contribution in [0.5, 0.6) is 5.75 Å². The fourth-order valence-electron chi connectivity index (χ4n) is 2.89. The van der Waals surface area contributed by atoms with Crippen molar-refractivity contribution in [2.45, 2.75) is 26.3 Å². The molecule has 2 aromatic carbocycles. The molecule has 0 spiro atoms. The molecule has 11 heteroatoms. The van der Waals surface area contributed by atoms with Gasteiger partial charge in [0.15, 0.2) is 0 Å². The van der Waals surface area contributed by atoms with Crippen LogP contribution in [-0.2, 0) is 0 Å². The molecule has 1 aromatic heterocycles. The molecule has 3 N–H and O–H groups in total. The summed E-state index contributed by atoms with van der Waals surface area (Å²) in [4.78, 5) is 8.76. The molecule has 0 saturated heterocycles. The number of rotatable bonds is 8. The van der Waals surface area contributed by atoms with Gasteiger partial charge < -0.3 is 20.5 Å². The van der Waals surface area contributed by atoms with E-state index in [1.807, 2.05) is 13.8 Å². The Balaban J connectivity index is 2.01. The van der Waals surface area contributed by atoms with E-state index >= 15 is 0 Å². The summed E-state index contributed by atoms with van der Waals surface area (Å²) in [5.41, 5.74) is 1.04. The van der Waals surface area contributed by atoms with Gasteiger partial charge >= 0.3 is 6.36 Å². The maximum atomic E-state index is 13.9. The molecule has 176 valence electrons. The first-order valence-corrected chi connectivity index (χ1v) is 10.7. The lowest BCUT2D eigenvalue weighted by atomic mass is 10.1. The van der Waals surface area contributed by atoms with Crippen molar-refractivity contribution >= 4 is 33.4 Å². The molecule has 0 saturated carbocycles. The van der Waals surface area contributed by atoms with Gasteiger partial charge in [0.2, 0.25) is 5.95 Å². The Kier molecular flexibility index (Phi) is 7.75. The van der Waals surface area contributed by atoms with Gasteiger partial charge in [-0.2, -0.15) is 4.98 Å². The number of benzene rings is 2. The van der Waals surface area contributed by atoms with Gasteiger partial charge in [-0.25, -0.2) is 9.37 Å². The van der Waals surface area contributed by atoms with Crippen LogP contribution in [0.1, 0.15) is 13.8 Å². The average Bonchev–Trinajstić information content (AvgIpc) is 2.73. The second-order valence-corrected chi connectivity index (χ2v) is 8.32. The first-order chi connectivity index (χ1) is 15.5. The van der Waals surface area contributed by atoms with Crippen molar-refractivity contribution in [3.8, 4) is 17.0 Å². The predicted octanol–water partition coefficient (Wildman–Crippen LogP) is 6.12. The van der Waals surface area contributed by atoms with Gasteiger partial charge in [0.25, 0.3) is 0 Å². The zero-order chi connectivity index (χ0) is 24.2. The molecular formula is C22H21BrF4N4O2. The number of nitrogens with zero attached hydrogens (tertiary/aromatic N) is 2. The first kappa shape index (κ1) is 24.7. The van der Waals surface area contributed by atoms with Gasteiger partial charge in [-0.15, -0.1) is 13.2 Å². The number of aliphatic hydroxyl groups is 1. The van der Waals surface area contributed by atoms with Crippen molar-refractivity contribution in [2.75, 3.05) is 17.2 Å². The van der Waals surface area contributed by atoms with Crippen LogP contribution in [-0.4, -0.2) is 34.1 Å². The van der Waals surface area contributed by atoms with Crippen molar-refractivity contribution < 1.29 is 27.4 Å². The Labute approximate surface area is 196 Å². The molecule has 3 rings (SSSR count). The second kappa shape index (κ2) is 10.3. The van der Waals surface area contributed by atoms with Gasteiger partial charge in [-0.05, 0) is 52.2 Å². The third kappa shape index (κ3) is 7.03. The molecule has 0 aliphatic carbocycles. The monoisotopic (exact) mass is 528 g/mol. The summed E-state index contributed by atoms with van der Waals surface area (Å²) in [5, 5.41) is 15.6. The van der Waals surface area contributed by atoms with Gasteiger partial charge in [-0.1, -0.05) is 26.0 Å². The smallest absolute Gasteiger partial charge is 0.406 e. The lowest BCUT2D eigenvalue weighted by Gasteiger charge is -2.21. The molecule has 0 bridgehead atoms. The number of hydrogen-bond acceptors (Lipinski definition) is 6. The van der Waals surface area contributed by atoms with E-state index in [2.05, 4.69) is 41.3 Å². The molecule has 6 nitrogen and oxygen atoms in total. The normalized spacial score (nSPS) is 12.5. The van der Waals surface area contributed by atoms with E-state index in [1.165, 1.54) is 36.4 Å². The Morgan fingerprint density at radius 1 is 1.09 bits per heavy atom. The SMILES string of the molecule is CC(C)[C@H](CO)Nc1nc(Nc2ccc(Br)c(F)c2)cc(-c2cccc(OC(F)(F)F)c2)n1. The number of aromatic nitrogens is 2. The van der Waals surface area contributed by atoms with Crippen LogP contribution < -0.4 is 15.4 Å². The quantitative estimate of drug-likeness (QED) is 0.306. The number of alkyl halides is 3. The molecule has 0 unspecified atom stereocenters. The summed E-state index contributed by atoms with van der Waals surface area (Å²) >= 11 is 3.09. The maximum absolute atomic E-state index is 13.9. The van der Waals surface area contributed by atoms with Crippen LogP contribution in [0, 0.1) is 11.7 Å². The highest BCUT2D eigenvalue weighted by Crippen LogP contribution is 2.30. The molecule has 0 aliphatic rings. The predicted molar refractivity (Wildman–Crippen MR) is 121 cm³/mol. The van der Waals surface area contributed by atoms with Crippen LogP contribution in [0.2, 0.25) is 0 Å². The van der Waals surface area contributed by atoms with Crippen molar-refractivity contribution in [2.24, 2.45) is 5.92 Å².